The van der Waals surface area contributed by atoms with Gasteiger partial charge in [0.25, 0.3) is 5.91 Å². The molecule has 0 unspecified atom stereocenters. The second-order valence-electron chi connectivity index (χ2n) is 8.69. The lowest BCUT2D eigenvalue weighted by Gasteiger charge is -2.20. The van der Waals surface area contributed by atoms with Crippen molar-refractivity contribution < 1.29 is 23.9 Å². The number of fused-ring (bicyclic) bond motifs is 2. The standard InChI is InChI=1S/C26H19Cl2FN2O4/c27-17-4-2-5-18(28)21(17)23(32)30-20(24(33)34)13-14-7-9-15(10-8-14)31-22-16(3-1-6-19(22)29)26(11-12-26)25(31)35/h1-10,20H,11-13H2,(H,30,32)(H,33,34)/t20-/m0/s1. The van der Waals surface area contributed by atoms with Crippen LogP contribution in [-0.2, 0) is 21.4 Å². The van der Waals surface area contributed by atoms with Crippen molar-refractivity contribution in [2.75, 3.05) is 4.90 Å². The summed E-state index contributed by atoms with van der Waals surface area (Å²) in [6, 6.07) is 14.7. The first-order valence-electron chi connectivity index (χ1n) is 10.9. The van der Waals surface area contributed by atoms with Gasteiger partial charge in [0, 0.05) is 12.1 Å². The lowest BCUT2D eigenvalue weighted by atomic mass is 9.98. The second-order valence-corrected chi connectivity index (χ2v) is 9.50. The minimum absolute atomic E-state index is 0.000302. The van der Waals surface area contributed by atoms with Gasteiger partial charge in [-0.2, -0.15) is 0 Å². The first-order chi connectivity index (χ1) is 16.7. The number of para-hydroxylation sites is 1. The van der Waals surface area contributed by atoms with Crippen molar-refractivity contribution in [3.8, 4) is 0 Å². The molecule has 1 fully saturated rings. The van der Waals surface area contributed by atoms with E-state index in [1.807, 2.05) is 0 Å². The molecule has 1 heterocycles. The summed E-state index contributed by atoms with van der Waals surface area (Å²) in [5.41, 5.74) is 1.43. The van der Waals surface area contributed by atoms with Crippen molar-refractivity contribution in [3.05, 3.63) is 93.2 Å². The lowest BCUT2D eigenvalue weighted by molar-refractivity contribution is -0.139. The molecule has 0 bridgehead atoms. The average Bonchev–Trinajstić information content (AvgIpc) is 3.58. The molecule has 0 radical (unpaired) electrons. The van der Waals surface area contributed by atoms with Gasteiger partial charge in [-0.25, -0.2) is 9.18 Å². The van der Waals surface area contributed by atoms with E-state index in [1.165, 1.54) is 23.1 Å². The fourth-order valence-corrected chi connectivity index (χ4v) is 5.15. The molecule has 1 atom stereocenters. The van der Waals surface area contributed by atoms with E-state index in [0.29, 0.717) is 29.7 Å². The number of halogens is 3. The molecule has 178 valence electrons. The average molecular weight is 513 g/mol. The number of nitrogens with zero attached hydrogens (tertiary/aromatic N) is 1. The minimum atomic E-state index is -1.25. The van der Waals surface area contributed by atoms with Crippen LogP contribution < -0.4 is 10.2 Å². The Labute approximate surface area is 210 Å². The highest BCUT2D eigenvalue weighted by Crippen LogP contribution is 2.59. The maximum Gasteiger partial charge on any atom is 0.326 e. The van der Waals surface area contributed by atoms with Crippen molar-refractivity contribution in [1.29, 1.82) is 0 Å². The van der Waals surface area contributed by atoms with Crippen LogP contribution in [0.2, 0.25) is 10.0 Å². The quantitative estimate of drug-likeness (QED) is 0.471. The van der Waals surface area contributed by atoms with Gasteiger partial charge in [0.1, 0.15) is 11.9 Å². The third-order valence-corrected chi connectivity index (χ3v) is 7.15. The molecular formula is C26H19Cl2FN2O4. The zero-order chi connectivity index (χ0) is 24.9. The predicted molar refractivity (Wildman–Crippen MR) is 130 cm³/mol. The Morgan fingerprint density at radius 2 is 1.66 bits per heavy atom. The number of benzene rings is 3. The fraction of sp³-hybridized carbons (Fsp3) is 0.192. The van der Waals surface area contributed by atoms with Gasteiger partial charge in [-0.3, -0.25) is 14.5 Å². The first kappa shape index (κ1) is 23.3. The summed E-state index contributed by atoms with van der Waals surface area (Å²) in [5, 5.41) is 12.3. The van der Waals surface area contributed by atoms with E-state index in [-0.39, 0.29) is 33.6 Å². The number of rotatable bonds is 6. The summed E-state index contributed by atoms with van der Waals surface area (Å²) in [6.45, 7) is 0. The highest BCUT2D eigenvalue weighted by molar-refractivity contribution is 6.39. The maximum absolute atomic E-state index is 14.7. The molecule has 2 aliphatic rings. The van der Waals surface area contributed by atoms with E-state index < -0.39 is 29.2 Å². The van der Waals surface area contributed by atoms with E-state index in [2.05, 4.69) is 5.32 Å². The smallest absolute Gasteiger partial charge is 0.326 e. The van der Waals surface area contributed by atoms with Gasteiger partial charge < -0.3 is 10.4 Å². The number of carbonyl (C=O) groups excluding carboxylic acids is 2. The molecule has 0 aromatic heterocycles. The second kappa shape index (κ2) is 8.66. The summed E-state index contributed by atoms with van der Waals surface area (Å²) in [6.07, 6.45) is 1.35. The number of aliphatic carboxylic acids is 1. The summed E-state index contributed by atoms with van der Waals surface area (Å²) in [4.78, 5) is 39.1. The van der Waals surface area contributed by atoms with E-state index >= 15 is 0 Å². The molecule has 9 heteroatoms. The number of amides is 2. The molecule has 2 amide bonds. The molecule has 1 aliphatic heterocycles. The van der Waals surface area contributed by atoms with Crippen molar-refractivity contribution in [2.45, 2.75) is 30.7 Å². The number of carboxylic acid groups (broad SMARTS) is 1. The van der Waals surface area contributed by atoms with Crippen LogP contribution in [0.15, 0.2) is 60.7 Å². The van der Waals surface area contributed by atoms with Gasteiger partial charge in [0.15, 0.2) is 0 Å². The first-order valence-corrected chi connectivity index (χ1v) is 11.7. The Bertz CT molecular complexity index is 1350. The van der Waals surface area contributed by atoms with Gasteiger partial charge in [-0.15, -0.1) is 0 Å². The molecule has 5 rings (SSSR count). The van der Waals surface area contributed by atoms with Crippen LogP contribution in [0.25, 0.3) is 0 Å². The largest absolute Gasteiger partial charge is 0.480 e. The highest BCUT2D eigenvalue weighted by atomic mass is 35.5. The maximum atomic E-state index is 14.7. The monoisotopic (exact) mass is 512 g/mol. The summed E-state index contributed by atoms with van der Waals surface area (Å²) >= 11 is 12.1. The van der Waals surface area contributed by atoms with Crippen LogP contribution in [-0.4, -0.2) is 28.9 Å². The Hall–Kier alpha value is -3.42. The Balaban J connectivity index is 1.37. The van der Waals surface area contributed by atoms with Gasteiger partial charge >= 0.3 is 5.97 Å². The molecule has 1 spiro atoms. The van der Waals surface area contributed by atoms with Crippen molar-refractivity contribution in [3.63, 3.8) is 0 Å². The van der Waals surface area contributed by atoms with Crippen LogP contribution >= 0.6 is 23.2 Å². The van der Waals surface area contributed by atoms with Gasteiger partial charge in [-0.1, -0.05) is 53.5 Å². The van der Waals surface area contributed by atoms with Crippen molar-refractivity contribution in [2.24, 2.45) is 0 Å². The molecule has 3 aromatic rings. The van der Waals surface area contributed by atoms with Crippen LogP contribution in [0.5, 0.6) is 0 Å². The number of anilines is 2. The Morgan fingerprint density at radius 1 is 1.03 bits per heavy atom. The summed E-state index contributed by atoms with van der Waals surface area (Å²) in [7, 11) is 0. The number of carbonyl (C=O) groups is 3. The molecular weight excluding hydrogens is 494 g/mol. The van der Waals surface area contributed by atoms with Crippen molar-refractivity contribution >= 4 is 52.4 Å². The SMILES string of the molecule is O=C(N[C@@H](Cc1ccc(N2C(=O)C3(CC3)c3cccc(F)c32)cc1)C(=O)O)c1c(Cl)cccc1Cl. The lowest BCUT2D eigenvalue weighted by Crippen LogP contribution is -2.42. The zero-order valence-corrected chi connectivity index (χ0v) is 19.7. The van der Waals surface area contributed by atoms with Crippen LogP contribution in [0.4, 0.5) is 15.8 Å². The van der Waals surface area contributed by atoms with E-state index in [1.54, 1.807) is 42.5 Å². The van der Waals surface area contributed by atoms with Crippen LogP contribution in [0.3, 0.4) is 0 Å². The molecule has 1 aliphatic carbocycles. The van der Waals surface area contributed by atoms with Gasteiger partial charge in [0.05, 0.1) is 26.7 Å². The Kier molecular flexibility index (Phi) is 5.77. The number of carboxylic acids is 1. The molecule has 35 heavy (non-hydrogen) atoms. The van der Waals surface area contributed by atoms with Gasteiger partial charge in [-0.05, 0) is 54.3 Å². The van der Waals surface area contributed by atoms with E-state index in [0.717, 1.165) is 0 Å². The third-order valence-electron chi connectivity index (χ3n) is 6.52. The number of hydrogen-bond acceptors (Lipinski definition) is 3. The highest BCUT2D eigenvalue weighted by Gasteiger charge is 2.60. The Morgan fingerprint density at radius 3 is 2.26 bits per heavy atom. The van der Waals surface area contributed by atoms with Crippen LogP contribution in [0.1, 0.15) is 34.3 Å². The summed E-state index contributed by atoms with van der Waals surface area (Å²) in [5.74, 6) is -2.55. The minimum Gasteiger partial charge on any atom is -0.480 e. The molecule has 1 saturated carbocycles. The molecule has 6 nitrogen and oxygen atoms in total. The van der Waals surface area contributed by atoms with E-state index in [9.17, 15) is 23.9 Å². The molecule has 3 aromatic carbocycles. The third kappa shape index (κ3) is 3.94. The van der Waals surface area contributed by atoms with Gasteiger partial charge in [0.2, 0.25) is 5.91 Å². The van der Waals surface area contributed by atoms with Crippen LogP contribution in [0, 0.1) is 5.82 Å². The summed E-state index contributed by atoms with van der Waals surface area (Å²) < 4.78 is 14.7. The normalized spacial score (nSPS) is 16.2. The number of hydrogen-bond donors (Lipinski definition) is 2. The topological polar surface area (TPSA) is 86.7 Å². The fourth-order valence-electron chi connectivity index (χ4n) is 4.58. The van der Waals surface area contributed by atoms with E-state index in [4.69, 9.17) is 23.2 Å². The molecule has 0 saturated heterocycles. The predicted octanol–water partition coefficient (Wildman–Crippen LogP) is 5.27. The van der Waals surface area contributed by atoms with Crippen molar-refractivity contribution in [1.82, 2.24) is 5.32 Å². The zero-order valence-electron chi connectivity index (χ0n) is 18.2. The number of nitrogens with one attached hydrogen (secondary N) is 1. The molecule has 2 N–H and O–H groups in total.